The van der Waals surface area contributed by atoms with Crippen molar-refractivity contribution in [3.63, 3.8) is 0 Å². The second kappa shape index (κ2) is 5.49. The van der Waals surface area contributed by atoms with Crippen molar-refractivity contribution in [2.45, 2.75) is 6.04 Å². The summed E-state index contributed by atoms with van der Waals surface area (Å²) in [5.41, 5.74) is 6.11. The molecule has 0 aliphatic carbocycles. The number of carbonyl (C=O) groups excluding carboxylic acids is 2. The summed E-state index contributed by atoms with van der Waals surface area (Å²) in [6, 6.07) is 6.70. The van der Waals surface area contributed by atoms with Crippen LogP contribution in [0.4, 0.5) is 4.39 Å². The molecule has 1 aromatic heterocycles. The van der Waals surface area contributed by atoms with Crippen LogP contribution in [0.2, 0.25) is 0 Å². The van der Waals surface area contributed by atoms with Gasteiger partial charge in [-0.3, -0.25) is 14.6 Å². The van der Waals surface area contributed by atoms with Crippen molar-refractivity contribution in [1.82, 2.24) is 4.98 Å². The molecule has 5 heteroatoms. The van der Waals surface area contributed by atoms with Gasteiger partial charge in [-0.2, -0.15) is 0 Å². The van der Waals surface area contributed by atoms with E-state index in [1.165, 1.54) is 30.6 Å². The molecule has 96 valence electrons. The molecular formula is C14H11FN2O2. The van der Waals surface area contributed by atoms with Crippen LogP contribution in [0.5, 0.6) is 0 Å². The number of aromatic nitrogens is 1. The fourth-order valence-electron chi connectivity index (χ4n) is 1.60. The Labute approximate surface area is 109 Å². The van der Waals surface area contributed by atoms with E-state index in [1.54, 1.807) is 6.07 Å². The Kier molecular flexibility index (Phi) is 3.77. The van der Waals surface area contributed by atoms with Crippen LogP contribution in [0, 0.1) is 5.82 Å². The largest absolute Gasteiger partial charge is 0.315 e. The molecule has 0 radical (unpaired) electrons. The van der Waals surface area contributed by atoms with E-state index in [2.05, 4.69) is 4.98 Å². The van der Waals surface area contributed by atoms with Crippen molar-refractivity contribution in [3.05, 3.63) is 65.7 Å². The summed E-state index contributed by atoms with van der Waals surface area (Å²) in [6.45, 7) is 0. The van der Waals surface area contributed by atoms with Gasteiger partial charge in [-0.05, 0) is 36.4 Å². The second-order valence-electron chi connectivity index (χ2n) is 3.95. The Morgan fingerprint density at radius 1 is 1.05 bits per heavy atom. The van der Waals surface area contributed by atoms with E-state index in [1.807, 2.05) is 0 Å². The highest BCUT2D eigenvalue weighted by Crippen LogP contribution is 2.09. The average molecular weight is 258 g/mol. The number of Topliss-reactive ketones (excluding diaryl/α,β-unsaturated/α-hetero) is 2. The lowest BCUT2D eigenvalue weighted by atomic mass is 9.98. The molecule has 2 N–H and O–H groups in total. The van der Waals surface area contributed by atoms with Crippen LogP contribution >= 0.6 is 0 Å². The highest BCUT2D eigenvalue weighted by molar-refractivity contribution is 6.19. The Bertz CT molecular complexity index is 597. The SMILES string of the molecule is NC(C(=O)c1ccc(F)cc1)C(=O)c1cccnc1. The number of hydrogen-bond donors (Lipinski definition) is 1. The van der Waals surface area contributed by atoms with Gasteiger partial charge < -0.3 is 5.73 Å². The van der Waals surface area contributed by atoms with Crippen molar-refractivity contribution >= 4 is 11.6 Å². The van der Waals surface area contributed by atoms with Crippen LogP contribution in [0.15, 0.2) is 48.8 Å². The Balaban J connectivity index is 2.20. The lowest BCUT2D eigenvalue weighted by Crippen LogP contribution is -2.38. The molecule has 19 heavy (non-hydrogen) atoms. The van der Waals surface area contributed by atoms with Crippen LogP contribution in [0.1, 0.15) is 20.7 Å². The molecule has 1 atom stereocenters. The van der Waals surface area contributed by atoms with Crippen LogP contribution < -0.4 is 5.73 Å². The molecule has 1 heterocycles. The number of ketones is 2. The second-order valence-corrected chi connectivity index (χ2v) is 3.95. The zero-order valence-corrected chi connectivity index (χ0v) is 9.92. The van der Waals surface area contributed by atoms with E-state index in [0.29, 0.717) is 0 Å². The van der Waals surface area contributed by atoms with Gasteiger partial charge in [0.1, 0.15) is 11.9 Å². The maximum Gasteiger partial charge on any atom is 0.189 e. The van der Waals surface area contributed by atoms with Crippen molar-refractivity contribution < 1.29 is 14.0 Å². The standard InChI is InChI=1S/C14H11FN2O2/c15-11-5-3-9(4-6-11)13(18)12(16)14(19)10-2-1-7-17-8-10/h1-8,12H,16H2. The molecule has 0 fully saturated rings. The third-order valence-corrected chi connectivity index (χ3v) is 2.64. The summed E-state index contributed by atoms with van der Waals surface area (Å²) < 4.78 is 12.8. The van der Waals surface area contributed by atoms with Crippen LogP contribution in [0.3, 0.4) is 0 Å². The summed E-state index contributed by atoms with van der Waals surface area (Å²) >= 11 is 0. The van der Waals surface area contributed by atoms with Crippen molar-refractivity contribution in [1.29, 1.82) is 0 Å². The number of hydrogen-bond acceptors (Lipinski definition) is 4. The van der Waals surface area contributed by atoms with E-state index in [0.717, 1.165) is 12.1 Å². The fourth-order valence-corrected chi connectivity index (χ4v) is 1.60. The van der Waals surface area contributed by atoms with Crippen LogP contribution in [0.25, 0.3) is 0 Å². The highest BCUT2D eigenvalue weighted by atomic mass is 19.1. The third-order valence-electron chi connectivity index (χ3n) is 2.64. The molecule has 0 bridgehead atoms. The third kappa shape index (κ3) is 2.89. The summed E-state index contributed by atoms with van der Waals surface area (Å²) in [5, 5.41) is 0. The van der Waals surface area contributed by atoms with Crippen molar-refractivity contribution in [3.8, 4) is 0 Å². The number of benzene rings is 1. The molecular weight excluding hydrogens is 247 g/mol. The Hall–Kier alpha value is -2.40. The first kappa shape index (κ1) is 13.0. The minimum atomic E-state index is -1.31. The number of nitrogens with zero attached hydrogens (tertiary/aromatic N) is 1. The summed E-state index contributed by atoms with van der Waals surface area (Å²) in [7, 11) is 0. The first-order chi connectivity index (χ1) is 9.09. The highest BCUT2D eigenvalue weighted by Gasteiger charge is 2.24. The number of carbonyl (C=O) groups is 2. The average Bonchev–Trinajstić information content (AvgIpc) is 2.46. The maximum absolute atomic E-state index is 12.8. The number of pyridine rings is 1. The molecule has 0 spiro atoms. The van der Waals surface area contributed by atoms with Gasteiger partial charge in [-0.25, -0.2) is 4.39 Å². The van der Waals surface area contributed by atoms with Gasteiger partial charge in [-0.15, -0.1) is 0 Å². The van der Waals surface area contributed by atoms with Gasteiger partial charge in [0, 0.05) is 23.5 Å². The van der Waals surface area contributed by atoms with E-state index in [4.69, 9.17) is 5.73 Å². The normalized spacial score (nSPS) is 11.9. The van der Waals surface area contributed by atoms with Gasteiger partial charge in [0.2, 0.25) is 0 Å². The molecule has 1 unspecified atom stereocenters. The molecule has 0 aliphatic heterocycles. The van der Waals surface area contributed by atoms with E-state index < -0.39 is 23.4 Å². The topological polar surface area (TPSA) is 73.1 Å². The molecule has 4 nitrogen and oxygen atoms in total. The van der Waals surface area contributed by atoms with Gasteiger partial charge in [0.15, 0.2) is 11.6 Å². The van der Waals surface area contributed by atoms with Crippen molar-refractivity contribution in [2.24, 2.45) is 5.73 Å². The summed E-state index contributed by atoms with van der Waals surface area (Å²) in [4.78, 5) is 27.7. The van der Waals surface area contributed by atoms with Gasteiger partial charge in [0.25, 0.3) is 0 Å². The summed E-state index contributed by atoms with van der Waals surface area (Å²) in [5.74, 6) is -1.51. The minimum Gasteiger partial charge on any atom is -0.315 e. The van der Waals surface area contributed by atoms with Gasteiger partial charge in [-0.1, -0.05) is 0 Å². The summed E-state index contributed by atoms with van der Waals surface area (Å²) in [6.07, 6.45) is 2.87. The zero-order chi connectivity index (χ0) is 13.8. The smallest absolute Gasteiger partial charge is 0.189 e. The van der Waals surface area contributed by atoms with Gasteiger partial charge >= 0.3 is 0 Å². The molecule has 2 aromatic rings. The number of nitrogens with two attached hydrogens (primary N) is 1. The lowest BCUT2D eigenvalue weighted by Gasteiger charge is -2.09. The zero-order valence-electron chi connectivity index (χ0n) is 9.92. The molecule has 1 aromatic carbocycles. The van der Waals surface area contributed by atoms with Crippen LogP contribution in [-0.2, 0) is 0 Å². The Morgan fingerprint density at radius 3 is 2.26 bits per heavy atom. The monoisotopic (exact) mass is 258 g/mol. The van der Waals surface area contributed by atoms with E-state index in [-0.39, 0.29) is 11.1 Å². The van der Waals surface area contributed by atoms with E-state index >= 15 is 0 Å². The van der Waals surface area contributed by atoms with E-state index in [9.17, 15) is 14.0 Å². The maximum atomic E-state index is 12.8. The molecule has 0 saturated heterocycles. The molecule has 0 amide bonds. The van der Waals surface area contributed by atoms with Crippen molar-refractivity contribution in [2.75, 3.05) is 0 Å². The van der Waals surface area contributed by atoms with Gasteiger partial charge in [0.05, 0.1) is 0 Å². The first-order valence-corrected chi connectivity index (χ1v) is 5.59. The molecule has 0 aliphatic rings. The first-order valence-electron chi connectivity index (χ1n) is 5.59. The number of rotatable bonds is 4. The minimum absolute atomic E-state index is 0.200. The predicted molar refractivity (Wildman–Crippen MR) is 67.3 cm³/mol. The molecule has 0 saturated carbocycles. The molecule has 2 rings (SSSR count). The quantitative estimate of drug-likeness (QED) is 0.668. The fraction of sp³-hybridized carbons (Fsp3) is 0.0714. The van der Waals surface area contributed by atoms with Crippen LogP contribution in [-0.4, -0.2) is 22.6 Å². The predicted octanol–water partition coefficient (Wildman–Crippen LogP) is 1.61. The number of halogens is 1. The lowest BCUT2D eigenvalue weighted by molar-refractivity contribution is 0.0863. The Morgan fingerprint density at radius 2 is 1.68 bits per heavy atom.